The number of urea groups is 1. The van der Waals surface area contributed by atoms with E-state index in [9.17, 15) is 9.90 Å². The van der Waals surface area contributed by atoms with Crippen molar-refractivity contribution in [2.24, 2.45) is 0 Å². The first kappa shape index (κ1) is 16.7. The number of hydrogen-bond donors (Lipinski definition) is 3. The van der Waals surface area contributed by atoms with Crippen LogP contribution in [-0.4, -0.2) is 29.2 Å². The van der Waals surface area contributed by atoms with Crippen molar-refractivity contribution in [3.8, 4) is 0 Å². The minimum absolute atomic E-state index is 0.103. The molecule has 118 valence electrons. The molecule has 7 heteroatoms. The Morgan fingerprint density at radius 2 is 2.18 bits per heavy atom. The van der Waals surface area contributed by atoms with Gasteiger partial charge in [0.2, 0.25) is 0 Å². The summed E-state index contributed by atoms with van der Waals surface area (Å²) in [5.74, 6) is 0. The smallest absolute Gasteiger partial charge is 0.314 e. The Labute approximate surface area is 138 Å². The molecule has 0 fully saturated rings. The number of carbonyl (C=O) groups is 1. The van der Waals surface area contributed by atoms with E-state index in [1.54, 1.807) is 35.6 Å². The molecule has 1 unspecified atom stereocenters. The van der Waals surface area contributed by atoms with Crippen LogP contribution in [0.25, 0.3) is 0 Å². The Bertz CT molecular complexity index is 633. The third-order valence-corrected chi connectivity index (χ3v) is 4.33. The Morgan fingerprint density at radius 1 is 1.41 bits per heavy atom. The first-order valence-electron chi connectivity index (χ1n) is 6.91. The molecule has 1 atom stereocenters. The molecule has 0 bridgehead atoms. The number of aromatic nitrogens is 1. The van der Waals surface area contributed by atoms with Crippen LogP contribution in [0.15, 0.2) is 30.5 Å². The van der Waals surface area contributed by atoms with Crippen molar-refractivity contribution < 1.29 is 9.90 Å². The molecule has 5 nitrogen and oxygen atoms in total. The van der Waals surface area contributed by atoms with Gasteiger partial charge in [-0.3, -0.25) is 0 Å². The molecule has 3 N–H and O–H groups in total. The number of benzene rings is 1. The molecule has 1 aromatic carbocycles. The summed E-state index contributed by atoms with van der Waals surface area (Å²) >= 11 is 7.61. The predicted octanol–water partition coefficient (Wildman–Crippen LogP) is 2.68. The van der Waals surface area contributed by atoms with Gasteiger partial charge in [-0.15, -0.1) is 11.3 Å². The van der Waals surface area contributed by atoms with Crippen LogP contribution in [0.1, 0.15) is 21.6 Å². The zero-order valence-corrected chi connectivity index (χ0v) is 13.7. The predicted molar refractivity (Wildman–Crippen MR) is 88.4 cm³/mol. The molecule has 0 saturated heterocycles. The van der Waals surface area contributed by atoms with Crippen molar-refractivity contribution in [3.05, 3.63) is 50.9 Å². The molecule has 0 aliphatic heterocycles. The Morgan fingerprint density at radius 3 is 2.86 bits per heavy atom. The van der Waals surface area contributed by atoms with Crippen molar-refractivity contribution in [1.29, 1.82) is 0 Å². The van der Waals surface area contributed by atoms with Crippen LogP contribution in [-0.2, 0) is 6.42 Å². The number of rotatable bonds is 6. The number of aliphatic hydroxyl groups is 1. The van der Waals surface area contributed by atoms with Crippen molar-refractivity contribution in [3.63, 3.8) is 0 Å². The van der Waals surface area contributed by atoms with E-state index in [0.717, 1.165) is 9.88 Å². The van der Waals surface area contributed by atoms with Gasteiger partial charge in [0, 0.05) is 41.2 Å². The van der Waals surface area contributed by atoms with E-state index >= 15 is 0 Å². The highest BCUT2D eigenvalue weighted by atomic mass is 35.5. The molecule has 2 amide bonds. The summed E-state index contributed by atoms with van der Waals surface area (Å²) < 4.78 is 0. The molecule has 0 spiro atoms. The molecule has 1 aromatic heterocycles. The lowest BCUT2D eigenvalue weighted by Crippen LogP contribution is -2.38. The summed E-state index contributed by atoms with van der Waals surface area (Å²) in [6.45, 7) is 2.60. The van der Waals surface area contributed by atoms with Gasteiger partial charge in [0.25, 0.3) is 0 Å². The van der Waals surface area contributed by atoms with E-state index in [2.05, 4.69) is 15.6 Å². The number of nitrogens with zero attached hydrogens (tertiary/aromatic N) is 1. The topological polar surface area (TPSA) is 74.2 Å². The third kappa shape index (κ3) is 4.98. The van der Waals surface area contributed by atoms with Gasteiger partial charge in [-0.05, 0) is 13.0 Å². The molecule has 2 rings (SSSR count). The van der Waals surface area contributed by atoms with E-state index in [1.165, 1.54) is 0 Å². The fourth-order valence-corrected chi connectivity index (χ4v) is 2.96. The largest absolute Gasteiger partial charge is 0.387 e. The van der Waals surface area contributed by atoms with E-state index in [4.69, 9.17) is 11.6 Å². The van der Waals surface area contributed by atoms with Crippen molar-refractivity contribution in [2.75, 3.05) is 13.1 Å². The number of hydrogen-bond acceptors (Lipinski definition) is 4. The number of aliphatic hydroxyl groups excluding tert-OH is 1. The lowest BCUT2D eigenvalue weighted by Gasteiger charge is -2.14. The number of nitrogens with one attached hydrogen (secondary N) is 2. The summed E-state index contributed by atoms with van der Waals surface area (Å²) in [4.78, 5) is 17.1. The van der Waals surface area contributed by atoms with Gasteiger partial charge in [0.15, 0.2) is 0 Å². The van der Waals surface area contributed by atoms with Gasteiger partial charge in [-0.2, -0.15) is 0 Å². The number of aryl methyl sites for hydroxylation is 1. The van der Waals surface area contributed by atoms with Crippen LogP contribution >= 0.6 is 22.9 Å². The van der Waals surface area contributed by atoms with Gasteiger partial charge < -0.3 is 15.7 Å². The average Bonchev–Trinajstić information content (AvgIpc) is 2.91. The maximum Gasteiger partial charge on any atom is 0.314 e. The van der Waals surface area contributed by atoms with Gasteiger partial charge >= 0.3 is 6.03 Å². The van der Waals surface area contributed by atoms with Crippen LogP contribution in [0.5, 0.6) is 0 Å². The third-order valence-electron chi connectivity index (χ3n) is 3.01. The highest BCUT2D eigenvalue weighted by Crippen LogP contribution is 2.21. The van der Waals surface area contributed by atoms with Crippen molar-refractivity contribution in [2.45, 2.75) is 19.4 Å². The fraction of sp³-hybridized carbons (Fsp3) is 0.333. The lowest BCUT2D eigenvalue weighted by atomic mass is 10.1. The summed E-state index contributed by atoms with van der Waals surface area (Å²) in [5.41, 5.74) is 0.600. The molecule has 0 radical (unpaired) electrons. The van der Waals surface area contributed by atoms with Crippen LogP contribution in [0.4, 0.5) is 4.79 Å². The van der Waals surface area contributed by atoms with E-state index in [1.807, 2.05) is 13.1 Å². The molecular weight excluding hydrogens is 322 g/mol. The maximum atomic E-state index is 11.7. The van der Waals surface area contributed by atoms with Gasteiger partial charge in [-0.25, -0.2) is 9.78 Å². The first-order chi connectivity index (χ1) is 10.6. The zero-order valence-electron chi connectivity index (χ0n) is 12.2. The van der Waals surface area contributed by atoms with Gasteiger partial charge in [0.05, 0.1) is 11.1 Å². The summed E-state index contributed by atoms with van der Waals surface area (Å²) in [5, 5.41) is 16.9. The standard InChI is InChI=1S/C15H18ClN3O2S/c1-10-8-18-14(22-10)6-7-17-15(21)19-9-13(20)11-4-2-3-5-12(11)16/h2-5,8,13,20H,6-7,9H2,1H3,(H2,17,19,21). The molecule has 1 heterocycles. The Hall–Kier alpha value is -1.63. The van der Waals surface area contributed by atoms with Gasteiger partial charge in [-0.1, -0.05) is 29.8 Å². The monoisotopic (exact) mass is 339 g/mol. The Kier molecular flexibility index (Phi) is 6.18. The minimum atomic E-state index is -0.832. The van der Waals surface area contributed by atoms with E-state index < -0.39 is 6.10 Å². The first-order valence-corrected chi connectivity index (χ1v) is 8.11. The quantitative estimate of drug-likeness (QED) is 0.757. The lowest BCUT2D eigenvalue weighted by molar-refractivity contribution is 0.173. The highest BCUT2D eigenvalue weighted by molar-refractivity contribution is 7.11. The molecule has 0 aliphatic carbocycles. The minimum Gasteiger partial charge on any atom is -0.387 e. The number of carbonyl (C=O) groups excluding carboxylic acids is 1. The molecule has 2 aromatic rings. The normalized spacial score (nSPS) is 12.0. The molecule has 0 saturated carbocycles. The summed E-state index contributed by atoms with van der Waals surface area (Å²) in [7, 11) is 0. The van der Waals surface area contributed by atoms with Crippen molar-refractivity contribution in [1.82, 2.24) is 15.6 Å². The zero-order chi connectivity index (χ0) is 15.9. The molecular formula is C15H18ClN3O2S. The second-order valence-corrected chi connectivity index (χ2v) is 6.52. The molecule has 0 aliphatic rings. The maximum absolute atomic E-state index is 11.7. The van der Waals surface area contributed by atoms with E-state index in [-0.39, 0.29) is 12.6 Å². The van der Waals surface area contributed by atoms with Crippen LogP contribution in [0, 0.1) is 6.92 Å². The summed E-state index contributed by atoms with van der Waals surface area (Å²) in [6, 6.07) is 6.70. The fourth-order valence-electron chi connectivity index (χ4n) is 1.91. The number of amides is 2. The van der Waals surface area contributed by atoms with Crippen molar-refractivity contribution >= 4 is 29.0 Å². The second kappa shape index (κ2) is 8.12. The van der Waals surface area contributed by atoms with Crippen LogP contribution in [0.2, 0.25) is 5.02 Å². The highest BCUT2D eigenvalue weighted by Gasteiger charge is 2.12. The SMILES string of the molecule is Cc1cnc(CCNC(=O)NCC(O)c2ccccc2Cl)s1. The van der Waals surface area contributed by atoms with Gasteiger partial charge in [0.1, 0.15) is 0 Å². The van der Waals surface area contributed by atoms with Crippen LogP contribution < -0.4 is 10.6 Å². The Balaban J connectivity index is 1.70. The van der Waals surface area contributed by atoms with Crippen LogP contribution in [0.3, 0.4) is 0 Å². The van der Waals surface area contributed by atoms with E-state index in [0.29, 0.717) is 23.6 Å². The average molecular weight is 340 g/mol. The number of halogens is 1. The molecule has 22 heavy (non-hydrogen) atoms. The summed E-state index contributed by atoms with van der Waals surface area (Å²) in [6.07, 6.45) is 1.68. The number of thiazole rings is 1. The second-order valence-electron chi connectivity index (χ2n) is 4.79.